The summed E-state index contributed by atoms with van der Waals surface area (Å²) >= 11 is 0. The van der Waals surface area contributed by atoms with Gasteiger partial charge in [-0.1, -0.05) is 23.4 Å². The molecule has 1 atom stereocenters. The second-order valence-corrected chi connectivity index (χ2v) is 6.83. The molecule has 138 valence electrons. The highest BCUT2D eigenvalue weighted by atomic mass is 16.5. The van der Waals surface area contributed by atoms with E-state index < -0.39 is 0 Å². The molecule has 2 heterocycles. The molecule has 1 aliphatic heterocycles. The molecule has 1 aliphatic rings. The lowest BCUT2D eigenvalue weighted by molar-refractivity contribution is -0.117. The van der Waals surface area contributed by atoms with Gasteiger partial charge in [0.15, 0.2) is 0 Å². The number of amides is 1. The summed E-state index contributed by atoms with van der Waals surface area (Å²) in [6.07, 6.45) is 0.373. The summed E-state index contributed by atoms with van der Waals surface area (Å²) in [5.41, 5.74) is 4.02. The first kappa shape index (κ1) is 17.3. The van der Waals surface area contributed by atoms with Gasteiger partial charge in [-0.3, -0.25) is 4.79 Å². The summed E-state index contributed by atoms with van der Waals surface area (Å²) in [4.78, 5) is 19.0. The van der Waals surface area contributed by atoms with E-state index in [2.05, 4.69) is 10.1 Å². The van der Waals surface area contributed by atoms with Gasteiger partial charge < -0.3 is 14.2 Å². The third-order valence-corrected chi connectivity index (χ3v) is 4.97. The van der Waals surface area contributed by atoms with Gasteiger partial charge in [-0.05, 0) is 49.2 Å². The monoisotopic (exact) mass is 363 g/mol. The van der Waals surface area contributed by atoms with Crippen molar-refractivity contribution in [2.75, 3.05) is 18.6 Å². The molecule has 1 amide bonds. The smallest absolute Gasteiger partial charge is 0.232 e. The normalized spacial score (nSPS) is 16.8. The van der Waals surface area contributed by atoms with Crippen molar-refractivity contribution in [2.24, 2.45) is 0 Å². The summed E-state index contributed by atoms with van der Waals surface area (Å²) in [6.45, 7) is 4.60. The molecule has 1 fully saturated rings. The number of nitrogens with zero attached hydrogens (tertiary/aromatic N) is 3. The number of carbonyl (C=O) groups is 1. The largest absolute Gasteiger partial charge is 0.497 e. The minimum Gasteiger partial charge on any atom is -0.497 e. The van der Waals surface area contributed by atoms with Gasteiger partial charge >= 0.3 is 0 Å². The van der Waals surface area contributed by atoms with Gasteiger partial charge in [0, 0.05) is 24.2 Å². The topological polar surface area (TPSA) is 68.5 Å². The molecule has 1 saturated heterocycles. The number of aromatic nitrogens is 2. The summed E-state index contributed by atoms with van der Waals surface area (Å²) < 4.78 is 10.7. The third-order valence-electron chi connectivity index (χ3n) is 4.97. The number of para-hydroxylation sites is 1. The Bertz CT molecular complexity index is 958. The highest BCUT2D eigenvalue weighted by Gasteiger charge is 2.36. The van der Waals surface area contributed by atoms with Crippen molar-refractivity contribution < 1.29 is 14.1 Å². The zero-order valence-electron chi connectivity index (χ0n) is 15.6. The number of methoxy groups -OCH3 is 1. The van der Waals surface area contributed by atoms with Gasteiger partial charge in [0.05, 0.1) is 13.0 Å². The van der Waals surface area contributed by atoms with E-state index in [-0.39, 0.29) is 11.8 Å². The fourth-order valence-electron chi connectivity index (χ4n) is 3.58. The molecule has 4 rings (SSSR count). The van der Waals surface area contributed by atoms with Gasteiger partial charge in [0.2, 0.25) is 17.6 Å². The van der Waals surface area contributed by atoms with E-state index in [0.717, 1.165) is 28.1 Å². The van der Waals surface area contributed by atoms with Crippen LogP contribution in [0.25, 0.3) is 11.4 Å². The van der Waals surface area contributed by atoms with Crippen LogP contribution >= 0.6 is 0 Å². The van der Waals surface area contributed by atoms with E-state index in [0.29, 0.717) is 24.7 Å². The molecule has 0 saturated carbocycles. The zero-order chi connectivity index (χ0) is 19.0. The lowest BCUT2D eigenvalue weighted by Crippen LogP contribution is -2.26. The Hall–Kier alpha value is -3.15. The second kappa shape index (κ2) is 6.87. The first-order valence-electron chi connectivity index (χ1n) is 8.91. The number of benzene rings is 2. The Balaban J connectivity index is 1.57. The fourth-order valence-corrected chi connectivity index (χ4v) is 3.58. The highest BCUT2D eigenvalue weighted by molar-refractivity contribution is 5.97. The molecule has 3 aromatic rings. The quantitative estimate of drug-likeness (QED) is 0.703. The molecule has 6 nitrogen and oxygen atoms in total. The van der Waals surface area contributed by atoms with Crippen molar-refractivity contribution >= 4 is 11.6 Å². The van der Waals surface area contributed by atoms with Crippen LogP contribution in [0.2, 0.25) is 0 Å². The number of rotatable bonds is 4. The van der Waals surface area contributed by atoms with Gasteiger partial charge in [-0.2, -0.15) is 4.98 Å². The summed E-state index contributed by atoms with van der Waals surface area (Å²) in [7, 11) is 1.63. The maximum atomic E-state index is 12.6. The lowest BCUT2D eigenvalue weighted by atomic mass is 10.1. The molecule has 0 radical (unpaired) electrons. The number of ether oxygens (including phenoxy) is 1. The van der Waals surface area contributed by atoms with Crippen molar-refractivity contribution in [2.45, 2.75) is 26.2 Å². The molecule has 0 spiro atoms. The number of carbonyl (C=O) groups excluding carboxylic acids is 1. The number of aryl methyl sites for hydroxylation is 2. The first-order valence-corrected chi connectivity index (χ1v) is 8.91. The van der Waals surface area contributed by atoms with Gasteiger partial charge in [-0.25, -0.2) is 0 Å². The van der Waals surface area contributed by atoms with Gasteiger partial charge in [0.25, 0.3) is 0 Å². The van der Waals surface area contributed by atoms with Crippen LogP contribution in [-0.4, -0.2) is 29.7 Å². The van der Waals surface area contributed by atoms with E-state index in [9.17, 15) is 4.79 Å². The third kappa shape index (κ3) is 3.18. The van der Waals surface area contributed by atoms with Crippen molar-refractivity contribution in [3.05, 3.63) is 59.5 Å². The molecule has 1 unspecified atom stereocenters. The van der Waals surface area contributed by atoms with Crippen molar-refractivity contribution in [3.8, 4) is 17.1 Å². The molecule has 1 aromatic heterocycles. The van der Waals surface area contributed by atoms with E-state index in [1.807, 2.05) is 61.2 Å². The Labute approximate surface area is 157 Å². The summed E-state index contributed by atoms with van der Waals surface area (Å²) in [5.74, 6) is 1.78. The van der Waals surface area contributed by atoms with E-state index >= 15 is 0 Å². The van der Waals surface area contributed by atoms with Crippen LogP contribution in [0, 0.1) is 13.8 Å². The van der Waals surface area contributed by atoms with Crippen molar-refractivity contribution in [3.63, 3.8) is 0 Å². The zero-order valence-corrected chi connectivity index (χ0v) is 15.6. The molecule has 27 heavy (non-hydrogen) atoms. The van der Waals surface area contributed by atoms with Crippen molar-refractivity contribution in [1.82, 2.24) is 10.1 Å². The van der Waals surface area contributed by atoms with Crippen LogP contribution in [0.4, 0.5) is 5.69 Å². The molecule has 6 heteroatoms. The Morgan fingerprint density at radius 2 is 1.81 bits per heavy atom. The van der Waals surface area contributed by atoms with Crippen LogP contribution < -0.4 is 9.64 Å². The van der Waals surface area contributed by atoms with Crippen molar-refractivity contribution in [1.29, 1.82) is 0 Å². The van der Waals surface area contributed by atoms with E-state index in [1.54, 1.807) is 7.11 Å². The lowest BCUT2D eigenvalue weighted by Gasteiger charge is -2.21. The van der Waals surface area contributed by atoms with Crippen LogP contribution in [-0.2, 0) is 4.79 Å². The van der Waals surface area contributed by atoms with E-state index in [1.165, 1.54) is 0 Å². The van der Waals surface area contributed by atoms with Crippen LogP contribution in [0.1, 0.15) is 29.4 Å². The fraction of sp³-hybridized carbons (Fsp3) is 0.286. The summed E-state index contributed by atoms with van der Waals surface area (Å²) in [5, 5.41) is 4.09. The molecular formula is C21H21N3O3. The molecule has 2 aromatic carbocycles. The van der Waals surface area contributed by atoms with Gasteiger partial charge in [-0.15, -0.1) is 0 Å². The Morgan fingerprint density at radius 3 is 2.48 bits per heavy atom. The van der Waals surface area contributed by atoms with E-state index in [4.69, 9.17) is 9.26 Å². The molecule has 0 N–H and O–H groups in total. The highest BCUT2D eigenvalue weighted by Crippen LogP contribution is 2.35. The predicted octanol–water partition coefficient (Wildman–Crippen LogP) is 3.88. The average molecular weight is 363 g/mol. The number of hydrogen-bond donors (Lipinski definition) is 0. The number of hydrogen-bond acceptors (Lipinski definition) is 5. The Morgan fingerprint density at radius 1 is 1.11 bits per heavy atom. The van der Waals surface area contributed by atoms with Crippen LogP contribution in [0.15, 0.2) is 47.0 Å². The Kier molecular flexibility index (Phi) is 4.39. The summed E-state index contributed by atoms with van der Waals surface area (Å²) in [6, 6.07) is 13.5. The number of anilines is 1. The van der Waals surface area contributed by atoms with Crippen LogP contribution in [0.3, 0.4) is 0 Å². The maximum absolute atomic E-state index is 12.6. The molecular weight excluding hydrogens is 342 g/mol. The SMILES string of the molecule is COc1ccc(-c2noc(C3CC(=O)N(c4c(C)cccc4C)C3)n2)cc1. The van der Waals surface area contributed by atoms with Crippen LogP contribution in [0.5, 0.6) is 5.75 Å². The van der Waals surface area contributed by atoms with Gasteiger partial charge in [0.1, 0.15) is 5.75 Å². The minimum absolute atomic E-state index is 0.0848. The minimum atomic E-state index is -0.101. The second-order valence-electron chi connectivity index (χ2n) is 6.83. The average Bonchev–Trinajstić information content (AvgIpc) is 3.29. The standard InChI is InChI=1S/C21H21N3O3/c1-13-5-4-6-14(2)19(13)24-12-16(11-18(24)25)21-22-20(23-27-21)15-7-9-17(26-3)10-8-15/h4-10,16H,11-12H2,1-3H3. The maximum Gasteiger partial charge on any atom is 0.232 e. The predicted molar refractivity (Wildman–Crippen MR) is 102 cm³/mol. The molecule has 0 aliphatic carbocycles. The molecule has 0 bridgehead atoms. The first-order chi connectivity index (χ1) is 13.1.